The fourth-order valence-corrected chi connectivity index (χ4v) is 2.03. The van der Waals surface area contributed by atoms with Gasteiger partial charge in [-0.05, 0) is 36.0 Å². The zero-order valence-corrected chi connectivity index (χ0v) is 10.4. The standard InChI is InChI=1S/C14H19NO2/c1-14(2)9-12(14)13(17)15-8-7-10-3-5-11(16)6-4-10/h3-6,12,16H,7-9H2,1-2H3,(H,15,17). The number of hydrogen-bond donors (Lipinski definition) is 2. The smallest absolute Gasteiger partial charge is 0.223 e. The minimum absolute atomic E-state index is 0.175. The quantitative estimate of drug-likeness (QED) is 0.836. The lowest BCUT2D eigenvalue weighted by molar-refractivity contribution is -0.122. The van der Waals surface area contributed by atoms with Gasteiger partial charge in [-0.3, -0.25) is 4.79 Å². The number of phenolic OH excluding ortho intramolecular Hbond substituents is 1. The topological polar surface area (TPSA) is 49.3 Å². The molecule has 1 aliphatic carbocycles. The molecule has 1 unspecified atom stereocenters. The Balaban J connectivity index is 1.73. The van der Waals surface area contributed by atoms with Gasteiger partial charge in [0.1, 0.15) is 5.75 Å². The van der Waals surface area contributed by atoms with Gasteiger partial charge in [0.2, 0.25) is 5.91 Å². The summed E-state index contributed by atoms with van der Waals surface area (Å²) in [5.74, 6) is 0.647. The Bertz CT molecular complexity index is 409. The van der Waals surface area contributed by atoms with Gasteiger partial charge in [-0.2, -0.15) is 0 Å². The predicted molar refractivity (Wildman–Crippen MR) is 66.7 cm³/mol. The summed E-state index contributed by atoms with van der Waals surface area (Å²) in [6, 6.07) is 7.09. The zero-order valence-electron chi connectivity index (χ0n) is 10.4. The molecule has 0 aromatic heterocycles. The van der Waals surface area contributed by atoms with Crippen LogP contribution in [0.2, 0.25) is 0 Å². The second kappa shape index (κ2) is 4.40. The van der Waals surface area contributed by atoms with Crippen molar-refractivity contribution in [2.24, 2.45) is 11.3 Å². The van der Waals surface area contributed by atoms with E-state index in [1.54, 1.807) is 12.1 Å². The summed E-state index contributed by atoms with van der Waals surface area (Å²) in [7, 11) is 0. The van der Waals surface area contributed by atoms with Crippen LogP contribution in [-0.2, 0) is 11.2 Å². The molecule has 17 heavy (non-hydrogen) atoms. The van der Waals surface area contributed by atoms with Crippen molar-refractivity contribution in [1.82, 2.24) is 5.32 Å². The van der Waals surface area contributed by atoms with Crippen LogP contribution in [0.25, 0.3) is 0 Å². The maximum atomic E-state index is 11.7. The third-order valence-corrected chi connectivity index (χ3v) is 3.48. The third-order valence-electron chi connectivity index (χ3n) is 3.48. The molecule has 1 fully saturated rings. The van der Waals surface area contributed by atoms with Gasteiger partial charge in [-0.1, -0.05) is 26.0 Å². The molecule has 0 radical (unpaired) electrons. The van der Waals surface area contributed by atoms with Crippen LogP contribution in [0.15, 0.2) is 24.3 Å². The summed E-state index contributed by atoms with van der Waals surface area (Å²) in [6.45, 7) is 4.91. The van der Waals surface area contributed by atoms with E-state index in [4.69, 9.17) is 5.11 Å². The van der Waals surface area contributed by atoms with Crippen molar-refractivity contribution >= 4 is 5.91 Å². The SMILES string of the molecule is CC1(C)CC1C(=O)NCCc1ccc(O)cc1. The summed E-state index contributed by atoms with van der Waals surface area (Å²) in [6.07, 6.45) is 1.80. The normalized spacial score (nSPS) is 20.9. The maximum absolute atomic E-state index is 11.7. The first kappa shape index (κ1) is 12.0. The van der Waals surface area contributed by atoms with Gasteiger partial charge < -0.3 is 10.4 Å². The van der Waals surface area contributed by atoms with Crippen LogP contribution in [0.4, 0.5) is 0 Å². The van der Waals surface area contributed by atoms with Crippen molar-refractivity contribution < 1.29 is 9.90 Å². The highest BCUT2D eigenvalue weighted by Gasteiger charge is 2.50. The van der Waals surface area contributed by atoms with Gasteiger partial charge in [-0.25, -0.2) is 0 Å². The second-order valence-electron chi connectivity index (χ2n) is 5.45. The highest BCUT2D eigenvalue weighted by atomic mass is 16.3. The molecule has 3 heteroatoms. The van der Waals surface area contributed by atoms with Gasteiger partial charge in [0, 0.05) is 12.5 Å². The molecule has 0 spiro atoms. The third kappa shape index (κ3) is 2.99. The molecular formula is C14H19NO2. The number of phenols is 1. The first-order valence-electron chi connectivity index (χ1n) is 6.05. The number of carbonyl (C=O) groups is 1. The number of amides is 1. The van der Waals surface area contributed by atoms with Crippen molar-refractivity contribution in [2.45, 2.75) is 26.7 Å². The monoisotopic (exact) mass is 233 g/mol. The summed E-state index contributed by atoms with van der Waals surface area (Å²) >= 11 is 0. The largest absolute Gasteiger partial charge is 0.508 e. The van der Waals surface area contributed by atoms with Crippen LogP contribution in [-0.4, -0.2) is 17.6 Å². The molecule has 1 aliphatic rings. The highest BCUT2D eigenvalue weighted by Crippen LogP contribution is 2.51. The van der Waals surface area contributed by atoms with E-state index in [0.717, 1.165) is 18.4 Å². The molecule has 1 atom stereocenters. The van der Waals surface area contributed by atoms with E-state index in [1.165, 1.54) is 0 Å². The molecule has 0 saturated heterocycles. The number of rotatable bonds is 4. The van der Waals surface area contributed by atoms with E-state index in [-0.39, 0.29) is 23.0 Å². The number of carbonyl (C=O) groups excluding carboxylic acids is 1. The summed E-state index contributed by atoms with van der Waals surface area (Å²) in [5, 5.41) is 12.1. The average Bonchev–Trinajstić information content (AvgIpc) is 2.91. The van der Waals surface area contributed by atoms with E-state index >= 15 is 0 Å². The Labute approximate surface area is 102 Å². The van der Waals surface area contributed by atoms with Crippen molar-refractivity contribution in [3.63, 3.8) is 0 Å². The Morgan fingerprint density at radius 2 is 2.00 bits per heavy atom. The number of aromatic hydroxyl groups is 1. The Hall–Kier alpha value is -1.51. The van der Waals surface area contributed by atoms with Crippen molar-refractivity contribution in [3.8, 4) is 5.75 Å². The predicted octanol–water partition coefficient (Wildman–Crippen LogP) is 2.10. The lowest BCUT2D eigenvalue weighted by Crippen LogP contribution is -2.28. The van der Waals surface area contributed by atoms with Gasteiger partial charge in [0.05, 0.1) is 0 Å². The molecule has 0 aliphatic heterocycles. The fraction of sp³-hybridized carbons (Fsp3) is 0.500. The van der Waals surface area contributed by atoms with Crippen molar-refractivity contribution in [1.29, 1.82) is 0 Å². The van der Waals surface area contributed by atoms with Crippen LogP contribution in [0.1, 0.15) is 25.8 Å². The van der Waals surface area contributed by atoms with Gasteiger partial charge in [-0.15, -0.1) is 0 Å². The summed E-state index contributed by atoms with van der Waals surface area (Å²) in [4.78, 5) is 11.7. The lowest BCUT2D eigenvalue weighted by Gasteiger charge is -2.06. The molecule has 1 aromatic carbocycles. The molecule has 2 rings (SSSR count). The van der Waals surface area contributed by atoms with Crippen LogP contribution in [0.5, 0.6) is 5.75 Å². The van der Waals surface area contributed by atoms with Gasteiger partial charge >= 0.3 is 0 Å². The average molecular weight is 233 g/mol. The number of hydrogen-bond acceptors (Lipinski definition) is 2. The van der Waals surface area contributed by atoms with Gasteiger partial charge in [0.25, 0.3) is 0 Å². The first-order valence-corrected chi connectivity index (χ1v) is 6.05. The fourth-order valence-electron chi connectivity index (χ4n) is 2.03. The zero-order chi connectivity index (χ0) is 12.5. The highest BCUT2D eigenvalue weighted by molar-refractivity contribution is 5.82. The molecule has 1 saturated carbocycles. The molecule has 0 bridgehead atoms. The minimum atomic E-state index is 0.175. The van der Waals surface area contributed by atoms with E-state index in [1.807, 2.05) is 12.1 Å². The molecule has 92 valence electrons. The summed E-state index contributed by atoms with van der Waals surface area (Å²) in [5.41, 5.74) is 1.32. The molecular weight excluding hydrogens is 214 g/mol. The first-order chi connectivity index (χ1) is 7.99. The Morgan fingerprint density at radius 1 is 1.41 bits per heavy atom. The second-order valence-corrected chi connectivity index (χ2v) is 5.45. The number of nitrogens with one attached hydrogen (secondary N) is 1. The summed E-state index contributed by atoms with van der Waals surface area (Å²) < 4.78 is 0. The Morgan fingerprint density at radius 3 is 2.53 bits per heavy atom. The van der Waals surface area contributed by atoms with Crippen LogP contribution in [0, 0.1) is 11.3 Å². The van der Waals surface area contributed by atoms with Crippen LogP contribution >= 0.6 is 0 Å². The van der Waals surface area contributed by atoms with E-state index in [0.29, 0.717) is 6.54 Å². The molecule has 1 amide bonds. The van der Waals surface area contributed by atoms with Crippen molar-refractivity contribution in [2.75, 3.05) is 6.54 Å². The molecule has 0 heterocycles. The number of benzene rings is 1. The molecule has 1 aromatic rings. The molecule has 3 nitrogen and oxygen atoms in total. The molecule has 2 N–H and O–H groups in total. The van der Waals surface area contributed by atoms with Gasteiger partial charge in [0.15, 0.2) is 0 Å². The van der Waals surface area contributed by atoms with Crippen LogP contribution < -0.4 is 5.32 Å². The van der Waals surface area contributed by atoms with E-state index < -0.39 is 0 Å². The lowest BCUT2D eigenvalue weighted by atomic mass is 10.1. The van der Waals surface area contributed by atoms with E-state index in [9.17, 15) is 4.79 Å². The Kier molecular flexibility index (Phi) is 3.09. The van der Waals surface area contributed by atoms with E-state index in [2.05, 4.69) is 19.2 Å². The van der Waals surface area contributed by atoms with Crippen LogP contribution in [0.3, 0.4) is 0 Å². The maximum Gasteiger partial charge on any atom is 0.223 e. The van der Waals surface area contributed by atoms with Crippen molar-refractivity contribution in [3.05, 3.63) is 29.8 Å². The minimum Gasteiger partial charge on any atom is -0.508 e.